The van der Waals surface area contributed by atoms with Crippen molar-refractivity contribution in [2.24, 2.45) is 0 Å². The van der Waals surface area contributed by atoms with E-state index in [-0.39, 0.29) is 12.5 Å². The molecule has 6 heteroatoms. The van der Waals surface area contributed by atoms with Gasteiger partial charge in [-0.25, -0.2) is 0 Å². The first-order valence-corrected chi connectivity index (χ1v) is 9.15. The number of hydrogen-bond donors (Lipinski definition) is 0. The first kappa shape index (κ1) is 18.7. The minimum absolute atomic E-state index is 0.131. The fourth-order valence-electron chi connectivity index (χ4n) is 2.16. The SMILES string of the molecule is CCCOC(=O)CN1C(=O)C(=Cc2ccc(C(C)C)cc2)SC1=S. The molecule has 0 unspecified atom stereocenters. The van der Waals surface area contributed by atoms with Crippen molar-refractivity contribution in [3.63, 3.8) is 0 Å². The van der Waals surface area contributed by atoms with Gasteiger partial charge in [-0.15, -0.1) is 0 Å². The fourth-order valence-corrected chi connectivity index (χ4v) is 3.41. The summed E-state index contributed by atoms with van der Waals surface area (Å²) in [6, 6.07) is 8.08. The average Bonchev–Trinajstić information content (AvgIpc) is 2.81. The molecule has 24 heavy (non-hydrogen) atoms. The van der Waals surface area contributed by atoms with Crippen LogP contribution in [0.1, 0.15) is 44.2 Å². The van der Waals surface area contributed by atoms with E-state index in [4.69, 9.17) is 17.0 Å². The van der Waals surface area contributed by atoms with Crippen LogP contribution in [0, 0.1) is 0 Å². The highest BCUT2D eigenvalue weighted by Crippen LogP contribution is 2.32. The number of amides is 1. The predicted octanol–water partition coefficient (Wildman–Crippen LogP) is 3.96. The molecule has 1 heterocycles. The summed E-state index contributed by atoms with van der Waals surface area (Å²) in [6.45, 7) is 6.41. The molecule has 2 rings (SSSR count). The lowest BCUT2D eigenvalue weighted by atomic mass is 10.0. The third-order valence-corrected chi connectivity index (χ3v) is 4.91. The topological polar surface area (TPSA) is 46.6 Å². The van der Waals surface area contributed by atoms with E-state index < -0.39 is 5.97 Å². The molecule has 0 spiro atoms. The standard InChI is InChI=1S/C18H21NO3S2/c1-4-9-22-16(20)11-19-17(21)15(24-18(19)23)10-13-5-7-14(8-6-13)12(2)3/h5-8,10,12H,4,9,11H2,1-3H3. The average molecular weight is 364 g/mol. The third kappa shape index (κ3) is 4.68. The molecule has 1 amide bonds. The highest BCUT2D eigenvalue weighted by molar-refractivity contribution is 8.26. The largest absolute Gasteiger partial charge is 0.464 e. The second kappa shape index (κ2) is 8.44. The van der Waals surface area contributed by atoms with Crippen LogP contribution in [-0.2, 0) is 14.3 Å². The molecular formula is C18H21NO3S2. The number of carbonyl (C=O) groups excluding carboxylic acids is 2. The van der Waals surface area contributed by atoms with Crippen molar-refractivity contribution in [3.05, 3.63) is 40.3 Å². The van der Waals surface area contributed by atoms with Crippen LogP contribution in [0.25, 0.3) is 6.08 Å². The Morgan fingerprint density at radius 3 is 2.58 bits per heavy atom. The van der Waals surface area contributed by atoms with Gasteiger partial charge in [-0.3, -0.25) is 14.5 Å². The number of esters is 1. The van der Waals surface area contributed by atoms with Gasteiger partial charge in [-0.1, -0.05) is 69.0 Å². The molecule has 128 valence electrons. The normalized spacial score (nSPS) is 16.3. The minimum Gasteiger partial charge on any atom is -0.464 e. The van der Waals surface area contributed by atoms with Crippen molar-refractivity contribution < 1.29 is 14.3 Å². The summed E-state index contributed by atoms with van der Waals surface area (Å²) in [5.74, 6) is -0.214. The summed E-state index contributed by atoms with van der Waals surface area (Å²) < 4.78 is 5.41. The quantitative estimate of drug-likeness (QED) is 0.435. The number of thiocarbonyl (C=S) groups is 1. The van der Waals surface area contributed by atoms with Gasteiger partial charge in [0.15, 0.2) is 0 Å². The molecule has 0 aliphatic carbocycles. The first-order chi connectivity index (χ1) is 11.4. The van der Waals surface area contributed by atoms with Crippen LogP contribution in [0.5, 0.6) is 0 Å². The summed E-state index contributed by atoms with van der Waals surface area (Å²) in [5.41, 5.74) is 2.19. The molecule has 0 radical (unpaired) electrons. The summed E-state index contributed by atoms with van der Waals surface area (Å²) >= 11 is 6.43. The number of ether oxygens (including phenoxy) is 1. The molecule has 1 fully saturated rings. The van der Waals surface area contributed by atoms with Crippen LogP contribution in [0.4, 0.5) is 0 Å². The maximum absolute atomic E-state index is 12.4. The lowest BCUT2D eigenvalue weighted by Gasteiger charge is -2.13. The second-order valence-corrected chi connectivity index (χ2v) is 7.49. The third-order valence-electron chi connectivity index (χ3n) is 3.53. The Morgan fingerprint density at radius 1 is 1.33 bits per heavy atom. The van der Waals surface area contributed by atoms with Crippen LogP contribution < -0.4 is 0 Å². The smallest absolute Gasteiger partial charge is 0.326 e. The van der Waals surface area contributed by atoms with Gasteiger partial charge in [0.1, 0.15) is 10.9 Å². The summed E-state index contributed by atoms with van der Waals surface area (Å²) in [5, 5.41) is 0. The molecule has 0 saturated carbocycles. The first-order valence-electron chi connectivity index (χ1n) is 7.93. The van der Waals surface area contributed by atoms with Crippen molar-refractivity contribution in [2.75, 3.05) is 13.2 Å². The molecule has 1 aliphatic heterocycles. The van der Waals surface area contributed by atoms with E-state index in [0.717, 1.165) is 12.0 Å². The van der Waals surface area contributed by atoms with Gasteiger partial charge in [0.05, 0.1) is 11.5 Å². The van der Waals surface area contributed by atoms with E-state index in [2.05, 4.69) is 26.0 Å². The summed E-state index contributed by atoms with van der Waals surface area (Å²) in [7, 11) is 0. The monoisotopic (exact) mass is 363 g/mol. The summed E-state index contributed by atoms with van der Waals surface area (Å²) in [6.07, 6.45) is 2.55. The van der Waals surface area contributed by atoms with E-state index in [1.54, 1.807) is 6.08 Å². The van der Waals surface area contributed by atoms with E-state index in [1.807, 2.05) is 19.1 Å². The number of nitrogens with zero attached hydrogens (tertiary/aromatic N) is 1. The fraction of sp³-hybridized carbons (Fsp3) is 0.389. The van der Waals surface area contributed by atoms with Crippen molar-refractivity contribution >= 4 is 46.3 Å². The van der Waals surface area contributed by atoms with E-state index in [9.17, 15) is 9.59 Å². The maximum Gasteiger partial charge on any atom is 0.326 e. The molecule has 0 aromatic heterocycles. The number of benzene rings is 1. The van der Waals surface area contributed by atoms with Crippen molar-refractivity contribution in [1.29, 1.82) is 0 Å². The molecule has 0 atom stereocenters. The van der Waals surface area contributed by atoms with Gasteiger partial charge >= 0.3 is 5.97 Å². The van der Waals surface area contributed by atoms with Crippen LogP contribution in [0.2, 0.25) is 0 Å². The maximum atomic E-state index is 12.4. The molecule has 1 aromatic rings. The van der Waals surface area contributed by atoms with E-state index in [1.165, 1.54) is 22.2 Å². The number of carbonyl (C=O) groups is 2. The van der Waals surface area contributed by atoms with Crippen LogP contribution >= 0.6 is 24.0 Å². The Hall–Kier alpha value is -1.66. The van der Waals surface area contributed by atoms with Gasteiger partial charge in [-0.2, -0.15) is 0 Å². The zero-order chi connectivity index (χ0) is 17.7. The molecule has 0 N–H and O–H groups in total. The van der Waals surface area contributed by atoms with Crippen molar-refractivity contribution in [3.8, 4) is 0 Å². The lowest BCUT2D eigenvalue weighted by Crippen LogP contribution is -2.34. The molecule has 1 aromatic carbocycles. The Labute approximate surface area is 152 Å². The lowest BCUT2D eigenvalue weighted by molar-refractivity contribution is -0.146. The van der Waals surface area contributed by atoms with E-state index in [0.29, 0.717) is 21.8 Å². The van der Waals surface area contributed by atoms with Crippen LogP contribution in [-0.4, -0.2) is 34.2 Å². The number of thioether (sulfide) groups is 1. The van der Waals surface area contributed by atoms with Gasteiger partial charge in [0.2, 0.25) is 0 Å². The Morgan fingerprint density at radius 2 is 2.00 bits per heavy atom. The molecule has 4 nitrogen and oxygen atoms in total. The van der Waals surface area contributed by atoms with Crippen LogP contribution in [0.15, 0.2) is 29.2 Å². The highest BCUT2D eigenvalue weighted by Gasteiger charge is 2.33. The Kier molecular flexibility index (Phi) is 6.57. The Balaban J connectivity index is 2.08. The van der Waals surface area contributed by atoms with Crippen molar-refractivity contribution in [1.82, 2.24) is 4.90 Å². The second-order valence-electron chi connectivity index (χ2n) is 5.81. The Bertz CT molecular complexity index is 665. The van der Waals surface area contributed by atoms with Crippen LogP contribution in [0.3, 0.4) is 0 Å². The molecule has 0 bridgehead atoms. The molecule has 1 aliphatic rings. The number of rotatable bonds is 6. The predicted molar refractivity (Wildman–Crippen MR) is 102 cm³/mol. The van der Waals surface area contributed by atoms with Crippen molar-refractivity contribution in [2.45, 2.75) is 33.1 Å². The van der Waals surface area contributed by atoms with Gasteiger partial charge in [0.25, 0.3) is 5.91 Å². The van der Waals surface area contributed by atoms with Gasteiger partial charge in [0, 0.05) is 0 Å². The molecular weight excluding hydrogens is 342 g/mol. The molecule has 1 saturated heterocycles. The number of hydrogen-bond acceptors (Lipinski definition) is 5. The minimum atomic E-state index is -0.435. The van der Waals surface area contributed by atoms with Gasteiger partial charge in [-0.05, 0) is 29.5 Å². The van der Waals surface area contributed by atoms with Gasteiger partial charge < -0.3 is 4.74 Å². The summed E-state index contributed by atoms with van der Waals surface area (Å²) in [4.78, 5) is 26.0. The zero-order valence-corrected chi connectivity index (χ0v) is 15.7. The zero-order valence-electron chi connectivity index (χ0n) is 14.1. The highest BCUT2D eigenvalue weighted by atomic mass is 32.2. The van der Waals surface area contributed by atoms with E-state index >= 15 is 0 Å².